The molecule has 1 unspecified atom stereocenters. The van der Waals surface area contributed by atoms with Crippen molar-refractivity contribution in [3.05, 3.63) is 96.7 Å². The molecule has 4 rings (SSSR count). The summed E-state index contributed by atoms with van der Waals surface area (Å²) < 4.78 is 0. The number of aromatic nitrogens is 3. The van der Waals surface area contributed by atoms with Crippen LogP contribution >= 0.6 is 0 Å². The number of fused-ring (bicyclic) bond motifs is 1. The van der Waals surface area contributed by atoms with E-state index in [-0.39, 0.29) is 6.04 Å². The van der Waals surface area contributed by atoms with Crippen LogP contribution in [0.2, 0.25) is 0 Å². The summed E-state index contributed by atoms with van der Waals surface area (Å²) in [7, 11) is 0. The molecule has 1 atom stereocenters. The van der Waals surface area contributed by atoms with E-state index >= 15 is 0 Å². The van der Waals surface area contributed by atoms with E-state index in [0.29, 0.717) is 0 Å². The van der Waals surface area contributed by atoms with E-state index < -0.39 is 0 Å². The minimum absolute atomic E-state index is 0.151. The van der Waals surface area contributed by atoms with Gasteiger partial charge in [0.15, 0.2) is 0 Å². The Bertz CT molecular complexity index is 1090. The molecule has 4 nitrogen and oxygen atoms in total. The minimum atomic E-state index is -0.151. The number of imidazole rings is 1. The fourth-order valence-electron chi connectivity index (χ4n) is 3.28. The zero-order chi connectivity index (χ0) is 18.6. The second-order valence-electron chi connectivity index (χ2n) is 6.43. The van der Waals surface area contributed by atoms with Gasteiger partial charge < -0.3 is 15.3 Å². The van der Waals surface area contributed by atoms with Gasteiger partial charge in [0.1, 0.15) is 5.82 Å². The van der Waals surface area contributed by atoms with Gasteiger partial charge in [-0.1, -0.05) is 49.1 Å². The molecular weight excluding hydrogens is 332 g/mol. The van der Waals surface area contributed by atoms with Crippen LogP contribution in [0.1, 0.15) is 30.0 Å². The molecule has 0 fully saturated rings. The molecule has 4 aromatic rings. The summed E-state index contributed by atoms with van der Waals surface area (Å²) in [6.45, 7) is 6.40. The first-order chi connectivity index (χ1) is 13.3. The topological polar surface area (TPSA) is 56.5 Å². The van der Waals surface area contributed by atoms with Crippen molar-refractivity contribution in [3.63, 3.8) is 0 Å². The number of nitrogens with zero attached hydrogens (tertiary/aromatic N) is 1. The van der Waals surface area contributed by atoms with Crippen LogP contribution in [0.5, 0.6) is 0 Å². The molecule has 0 saturated carbocycles. The Balaban J connectivity index is 1.75. The third-order valence-electron chi connectivity index (χ3n) is 4.61. The molecule has 0 bridgehead atoms. The number of nitrogens with one attached hydrogen (secondary N) is 3. The maximum atomic E-state index is 4.73. The SMILES string of the molecule is C=C(c1c[nH]c2ccccc12)C(Nc1ccccc1)c1c[nH]c(/C=C\C)n1. The summed E-state index contributed by atoms with van der Waals surface area (Å²) in [5, 5.41) is 4.74. The smallest absolute Gasteiger partial charge is 0.130 e. The maximum Gasteiger partial charge on any atom is 0.130 e. The molecule has 27 heavy (non-hydrogen) atoms. The van der Waals surface area contributed by atoms with Gasteiger partial charge in [-0.2, -0.15) is 0 Å². The fraction of sp³-hybridized carbons (Fsp3) is 0.0870. The molecule has 0 spiro atoms. The number of aromatic amines is 2. The normalized spacial score (nSPS) is 12.5. The van der Waals surface area contributed by atoms with E-state index in [1.54, 1.807) is 0 Å². The minimum Gasteiger partial charge on any atom is -0.373 e. The van der Waals surface area contributed by atoms with Crippen molar-refractivity contribution < 1.29 is 0 Å². The Morgan fingerprint density at radius 3 is 2.63 bits per heavy atom. The Labute approximate surface area is 158 Å². The Hall–Kier alpha value is -3.53. The standard InChI is InChI=1S/C23H22N4/c1-3-9-22-25-15-21(27-22)23(26-17-10-5-4-6-11-17)16(2)19-14-24-20-13-8-7-12-18(19)20/h3-15,23-24,26H,2H2,1H3,(H,25,27)/b9-3-. The number of hydrogen-bond acceptors (Lipinski definition) is 2. The van der Waals surface area contributed by atoms with Crippen molar-refractivity contribution in [1.82, 2.24) is 15.0 Å². The number of rotatable bonds is 6. The van der Waals surface area contributed by atoms with E-state index in [9.17, 15) is 0 Å². The van der Waals surface area contributed by atoms with E-state index in [4.69, 9.17) is 4.98 Å². The van der Waals surface area contributed by atoms with Crippen molar-refractivity contribution in [2.45, 2.75) is 13.0 Å². The highest BCUT2D eigenvalue weighted by Gasteiger charge is 2.21. The van der Waals surface area contributed by atoms with Crippen LogP contribution in [0.25, 0.3) is 22.6 Å². The molecule has 3 N–H and O–H groups in total. The molecule has 2 aromatic heterocycles. The highest BCUT2D eigenvalue weighted by molar-refractivity contribution is 5.93. The average molecular weight is 354 g/mol. The van der Waals surface area contributed by atoms with Crippen LogP contribution in [0.3, 0.4) is 0 Å². The van der Waals surface area contributed by atoms with Crippen molar-refractivity contribution in [1.29, 1.82) is 0 Å². The van der Waals surface area contributed by atoms with Crippen molar-refractivity contribution in [3.8, 4) is 0 Å². The molecule has 2 aromatic carbocycles. The average Bonchev–Trinajstić information content (AvgIpc) is 3.34. The first-order valence-corrected chi connectivity index (χ1v) is 9.01. The van der Waals surface area contributed by atoms with Gasteiger partial charge in [0.2, 0.25) is 0 Å². The summed E-state index contributed by atoms with van der Waals surface area (Å²) in [6, 6.07) is 18.3. The van der Waals surface area contributed by atoms with Gasteiger partial charge in [0.25, 0.3) is 0 Å². The van der Waals surface area contributed by atoms with Crippen LogP contribution in [0, 0.1) is 0 Å². The number of H-pyrrole nitrogens is 2. The van der Waals surface area contributed by atoms with Gasteiger partial charge in [-0.25, -0.2) is 4.98 Å². The summed E-state index contributed by atoms with van der Waals surface area (Å²) >= 11 is 0. The fourth-order valence-corrected chi connectivity index (χ4v) is 3.28. The highest BCUT2D eigenvalue weighted by Crippen LogP contribution is 2.34. The largest absolute Gasteiger partial charge is 0.373 e. The lowest BCUT2D eigenvalue weighted by Crippen LogP contribution is -2.13. The summed E-state index contributed by atoms with van der Waals surface area (Å²) in [5.41, 5.74) is 5.09. The van der Waals surface area contributed by atoms with Crippen molar-refractivity contribution in [2.75, 3.05) is 5.32 Å². The lowest BCUT2D eigenvalue weighted by Gasteiger charge is -2.20. The van der Waals surface area contributed by atoms with E-state index in [1.165, 1.54) is 0 Å². The summed E-state index contributed by atoms with van der Waals surface area (Å²) in [4.78, 5) is 11.3. The lowest BCUT2D eigenvalue weighted by atomic mass is 9.97. The van der Waals surface area contributed by atoms with Crippen LogP contribution in [0.4, 0.5) is 5.69 Å². The molecule has 4 heteroatoms. The molecule has 0 aliphatic heterocycles. The zero-order valence-electron chi connectivity index (χ0n) is 15.2. The molecule has 0 radical (unpaired) electrons. The van der Waals surface area contributed by atoms with E-state index in [0.717, 1.165) is 39.2 Å². The predicted octanol–water partition coefficient (Wildman–Crippen LogP) is 5.79. The van der Waals surface area contributed by atoms with Crippen LogP contribution in [-0.4, -0.2) is 15.0 Å². The van der Waals surface area contributed by atoms with Gasteiger partial charge in [-0.3, -0.25) is 0 Å². The van der Waals surface area contributed by atoms with Gasteiger partial charge >= 0.3 is 0 Å². The third kappa shape index (κ3) is 3.42. The second-order valence-corrected chi connectivity index (χ2v) is 6.43. The van der Waals surface area contributed by atoms with Crippen molar-refractivity contribution in [2.24, 2.45) is 0 Å². The number of allylic oxidation sites excluding steroid dienone is 1. The maximum absolute atomic E-state index is 4.73. The molecule has 0 amide bonds. The number of anilines is 1. The second kappa shape index (κ2) is 7.38. The lowest BCUT2D eigenvalue weighted by molar-refractivity contribution is 0.957. The Morgan fingerprint density at radius 2 is 1.81 bits per heavy atom. The van der Waals surface area contributed by atoms with Crippen molar-refractivity contribution >= 4 is 28.2 Å². The number of hydrogen-bond donors (Lipinski definition) is 3. The first kappa shape index (κ1) is 16.9. The van der Waals surface area contributed by atoms with E-state index in [1.807, 2.05) is 61.8 Å². The predicted molar refractivity (Wildman–Crippen MR) is 113 cm³/mol. The van der Waals surface area contributed by atoms with Gasteiger partial charge in [0.05, 0.1) is 11.7 Å². The summed E-state index contributed by atoms with van der Waals surface area (Å²) in [5.74, 6) is 0.832. The summed E-state index contributed by atoms with van der Waals surface area (Å²) in [6.07, 6.45) is 7.89. The van der Waals surface area contributed by atoms with Crippen LogP contribution < -0.4 is 5.32 Å². The van der Waals surface area contributed by atoms with Gasteiger partial charge in [-0.15, -0.1) is 0 Å². The third-order valence-corrected chi connectivity index (χ3v) is 4.61. The van der Waals surface area contributed by atoms with Crippen LogP contribution in [0.15, 0.2) is 79.6 Å². The van der Waals surface area contributed by atoms with Gasteiger partial charge in [0, 0.05) is 34.5 Å². The van der Waals surface area contributed by atoms with Gasteiger partial charge in [-0.05, 0) is 36.8 Å². The molecule has 0 aliphatic rings. The quantitative estimate of drug-likeness (QED) is 0.410. The first-order valence-electron chi connectivity index (χ1n) is 9.01. The Morgan fingerprint density at radius 1 is 1.04 bits per heavy atom. The molecule has 134 valence electrons. The monoisotopic (exact) mass is 354 g/mol. The molecule has 2 heterocycles. The van der Waals surface area contributed by atoms with E-state index in [2.05, 4.69) is 46.1 Å². The molecular formula is C23H22N4. The number of benzene rings is 2. The Kier molecular flexibility index (Phi) is 4.62. The zero-order valence-corrected chi connectivity index (χ0v) is 15.2. The van der Waals surface area contributed by atoms with Crippen LogP contribution in [-0.2, 0) is 0 Å². The molecule has 0 saturated heterocycles. The highest BCUT2D eigenvalue weighted by atomic mass is 15.0. The molecule has 0 aliphatic carbocycles. The number of para-hydroxylation sites is 2.